The van der Waals surface area contributed by atoms with Crippen LogP contribution in [0.4, 0.5) is 0 Å². The van der Waals surface area contributed by atoms with E-state index in [9.17, 15) is 4.79 Å². The number of rotatable bonds is 5. The highest BCUT2D eigenvalue weighted by Crippen LogP contribution is 2.40. The number of amides is 1. The van der Waals surface area contributed by atoms with Crippen molar-refractivity contribution in [3.05, 3.63) is 42.0 Å². The maximum atomic E-state index is 12.7. The zero-order valence-corrected chi connectivity index (χ0v) is 15.6. The van der Waals surface area contributed by atoms with Gasteiger partial charge in [0.25, 0.3) is 0 Å². The van der Waals surface area contributed by atoms with Crippen LogP contribution in [0.2, 0.25) is 0 Å². The summed E-state index contributed by atoms with van der Waals surface area (Å²) in [6.07, 6.45) is 10.8. The Morgan fingerprint density at radius 1 is 1.15 bits per heavy atom. The van der Waals surface area contributed by atoms with E-state index >= 15 is 0 Å². The lowest BCUT2D eigenvalue weighted by Gasteiger charge is -2.42. The van der Waals surface area contributed by atoms with Crippen LogP contribution in [-0.4, -0.2) is 42.4 Å². The van der Waals surface area contributed by atoms with Crippen molar-refractivity contribution in [3.8, 4) is 0 Å². The van der Waals surface area contributed by atoms with Gasteiger partial charge < -0.3 is 14.8 Å². The number of likely N-dealkylation sites (tertiary alicyclic amines) is 1. The first-order valence-electron chi connectivity index (χ1n) is 9.38. The molecule has 7 nitrogen and oxygen atoms in total. The first-order chi connectivity index (χ1) is 12.6. The van der Waals surface area contributed by atoms with E-state index in [1.54, 1.807) is 12.4 Å². The highest BCUT2D eigenvalue weighted by molar-refractivity contribution is 5.78. The second kappa shape index (κ2) is 6.79. The van der Waals surface area contributed by atoms with Crippen LogP contribution in [0.1, 0.15) is 61.9 Å². The lowest BCUT2D eigenvalue weighted by molar-refractivity contribution is -0.139. The number of aryl methyl sites for hydroxylation is 2. The molecule has 2 aliphatic rings. The molecule has 26 heavy (non-hydrogen) atoms. The Balaban J connectivity index is 1.64. The van der Waals surface area contributed by atoms with Gasteiger partial charge in [-0.2, -0.15) is 0 Å². The summed E-state index contributed by atoms with van der Waals surface area (Å²) < 4.78 is 2.03. The first-order valence-corrected chi connectivity index (χ1v) is 9.38. The third-order valence-electron chi connectivity index (χ3n) is 5.49. The SMILES string of the molecule is Cc1nccnc1C(C)N[C@@H]1CCC(=O)N(C2CC2)[C@H]1c1nccn1C. The topological polar surface area (TPSA) is 75.9 Å². The third kappa shape index (κ3) is 3.11. The number of nitrogens with one attached hydrogen (secondary N) is 1. The Hall–Kier alpha value is -2.28. The Morgan fingerprint density at radius 3 is 2.58 bits per heavy atom. The van der Waals surface area contributed by atoms with E-state index in [0.717, 1.165) is 36.5 Å². The molecular weight excluding hydrogens is 328 g/mol. The standard InChI is InChI=1S/C19H26N6O/c1-12-17(21-9-8-20-12)13(2)23-15-6-7-16(26)25(14-4-5-14)18(15)19-22-10-11-24(19)3/h8-11,13-15,18,23H,4-7H2,1-3H3/t13?,15-,18-/m1/s1. The van der Waals surface area contributed by atoms with Gasteiger partial charge >= 0.3 is 0 Å². The predicted octanol–water partition coefficient (Wildman–Crippen LogP) is 2.06. The van der Waals surface area contributed by atoms with Crippen molar-refractivity contribution < 1.29 is 4.79 Å². The van der Waals surface area contributed by atoms with Crippen LogP contribution < -0.4 is 5.32 Å². The molecule has 1 saturated heterocycles. The van der Waals surface area contributed by atoms with E-state index in [0.29, 0.717) is 12.5 Å². The number of imidazole rings is 1. The molecule has 0 spiro atoms. The second-order valence-corrected chi connectivity index (χ2v) is 7.43. The molecule has 3 atom stereocenters. The van der Waals surface area contributed by atoms with Gasteiger partial charge in [-0.25, -0.2) is 4.98 Å². The Morgan fingerprint density at radius 2 is 1.92 bits per heavy atom. The van der Waals surface area contributed by atoms with Crippen molar-refractivity contribution in [2.45, 2.75) is 63.7 Å². The van der Waals surface area contributed by atoms with E-state index in [4.69, 9.17) is 0 Å². The maximum absolute atomic E-state index is 12.7. The number of nitrogens with zero attached hydrogens (tertiary/aromatic N) is 5. The number of aromatic nitrogens is 4. The van der Waals surface area contributed by atoms with Gasteiger partial charge in [0.2, 0.25) is 5.91 Å². The quantitative estimate of drug-likeness (QED) is 0.889. The number of piperidine rings is 1. The van der Waals surface area contributed by atoms with Gasteiger partial charge in [-0.15, -0.1) is 0 Å². The van der Waals surface area contributed by atoms with Crippen molar-refractivity contribution in [3.63, 3.8) is 0 Å². The molecule has 1 saturated carbocycles. The minimum atomic E-state index is -0.0387. The summed E-state index contributed by atoms with van der Waals surface area (Å²) in [6, 6.07) is 0.530. The molecule has 3 heterocycles. The van der Waals surface area contributed by atoms with Gasteiger partial charge in [0.1, 0.15) is 11.9 Å². The van der Waals surface area contributed by atoms with E-state index in [1.807, 2.05) is 30.9 Å². The maximum Gasteiger partial charge on any atom is 0.223 e. The van der Waals surface area contributed by atoms with Crippen LogP contribution in [0.25, 0.3) is 0 Å². The zero-order chi connectivity index (χ0) is 18.3. The summed E-state index contributed by atoms with van der Waals surface area (Å²) in [5.41, 5.74) is 1.90. The van der Waals surface area contributed by atoms with Crippen molar-refractivity contribution in [2.75, 3.05) is 0 Å². The molecule has 1 amide bonds. The largest absolute Gasteiger partial charge is 0.336 e. The predicted molar refractivity (Wildman–Crippen MR) is 97.2 cm³/mol. The molecule has 0 radical (unpaired) electrons. The van der Waals surface area contributed by atoms with E-state index in [1.165, 1.54) is 0 Å². The number of carbonyl (C=O) groups excluding carboxylic acids is 1. The monoisotopic (exact) mass is 354 g/mol. The summed E-state index contributed by atoms with van der Waals surface area (Å²) in [4.78, 5) is 28.2. The smallest absolute Gasteiger partial charge is 0.223 e. The van der Waals surface area contributed by atoms with Gasteiger partial charge in [0.05, 0.1) is 11.4 Å². The lowest BCUT2D eigenvalue weighted by atomic mass is 9.93. The van der Waals surface area contributed by atoms with E-state index in [2.05, 4.69) is 32.1 Å². The number of hydrogen-bond acceptors (Lipinski definition) is 5. The summed E-state index contributed by atoms with van der Waals surface area (Å²) in [5.74, 6) is 1.20. The minimum absolute atomic E-state index is 0.0387. The van der Waals surface area contributed by atoms with Crippen LogP contribution in [0.15, 0.2) is 24.8 Å². The molecule has 138 valence electrons. The van der Waals surface area contributed by atoms with Crippen LogP contribution in [0, 0.1) is 6.92 Å². The van der Waals surface area contributed by atoms with Gasteiger partial charge in [-0.05, 0) is 33.1 Å². The highest BCUT2D eigenvalue weighted by atomic mass is 16.2. The fourth-order valence-electron chi connectivity index (χ4n) is 4.08. The van der Waals surface area contributed by atoms with Gasteiger partial charge in [-0.3, -0.25) is 14.8 Å². The van der Waals surface area contributed by atoms with Crippen molar-refractivity contribution in [2.24, 2.45) is 7.05 Å². The third-order valence-corrected chi connectivity index (χ3v) is 5.49. The van der Waals surface area contributed by atoms with Crippen molar-refractivity contribution in [1.29, 1.82) is 0 Å². The molecule has 2 aromatic heterocycles. The van der Waals surface area contributed by atoms with Gasteiger partial charge in [0, 0.05) is 56.4 Å². The Labute approximate surface area is 153 Å². The van der Waals surface area contributed by atoms with Crippen LogP contribution in [0.5, 0.6) is 0 Å². The Kier molecular flexibility index (Phi) is 4.48. The molecule has 1 aliphatic carbocycles. The molecule has 1 unspecified atom stereocenters. The summed E-state index contributed by atoms with van der Waals surface area (Å²) >= 11 is 0. The number of carbonyl (C=O) groups is 1. The normalized spacial score (nSPS) is 24.7. The number of hydrogen-bond donors (Lipinski definition) is 1. The van der Waals surface area contributed by atoms with E-state index < -0.39 is 0 Å². The van der Waals surface area contributed by atoms with Crippen LogP contribution in [-0.2, 0) is 11.8 Å². The molecule has 1 aliphatic heterocycles. The molecule has 0 aromatic carbocycles. The molecule has 2 aromatic rings. The first kappa shape index (κ1) is 17.1. The van der Waals surface area contributed by atoms with Crippen LogP contribution in [0.3, 0.4) is 0 Å². The van der Waals surface area contributed by atoms with Gasteiger partial charge in [-0.1, -0.05) is 0 Å². The molecule has 1 N–H and O–H groups in total. The highest BCUT2D eigenvalue weighted by Gasteiger charge is 2.46. The molecular formula is C19H26N6O. The lowest BCUT2D eigenvalue weighted by Crippen LogP contribution is -2.53. The summed E-state index contributed by atoms with van der Waals surface area (Å²) in [7, 11) is 2.00. The van der Waals surface area contributed by atoms with E-state index in [-0.39, 0.29) is 24.0 Å². The zero-order valence-electron chi connectivity index (χ0n) is 15.6. The van der Waals surface area contributed by atoms with Crippen LogP contribution >= 0.6 is 0 Å². The van der Waals surface area contributed by atoms with Crippen molar-refractivity contribution >= 4 is 5.91 Å². The minimum Gasteiger partial charge on any atom is -0.336 e. The molecule has 7 heteroatoms. The summed E-state index contributed by atoms with van der Waals surface area (Å²) in [5, 5.41) is 3.72. The molecule has 4 rings (SSSR count). The average molecular weight is 354 g/mol. The fourth-order valence-corrected chi connectivity index (χ4v) is 4.08. The average Bonchev–Trinajstić information content (AvgIpc) is 3.37. The fraction of sp³-hybridized carbons (Fsp3) is 0.579. The van der Waals surface area contributed by atoms with Gasteiger partial charge in [0.15, 0.2) is 0 Å². The molecule has 2 fully saturated rings. The summed E-state index contributed by atoms with van der Waals surface area (Å²) in [6.45, 7) is 4.10. The van der Waals surface area contributed by atoms with Crippen molar-refractivity contribution in [1.82, 2.24) is 29.7 Å². The molecule has 0 bridgehead atoms. The second-order valence-electron chi connectivity index (χ2n) is 7.43. The Bertz CT molecular complexity index is 799.